The molecule has 0 N–H and O–H groups in total. The molecule has 0 fully saturated rings. The van der Waals surface area contributed by atoms with Crippen molar-refractivity contribution < 1.29 is 33.6 Å². The Kier molecular flexibility index (Phi) is 11.8. The number of carbonyl (C=O) groups is 7. The maximum Gasteiger partial charge on any atom is 0.198 e. The fourth-order valence-electron chi connectivity index (χ4n) is 6.09. The molecule has 2 aromatic carbocycles. The zero-order valence-electron chi connectivity index (χ0n) is 29.1. The van der Waals surface area contributed by atoms with Crippen LogP contribution in [0.25, 0.3) is 0 Å². The van der Waals surface area contributed by atoms with Crippen LogP contribution in [0.2, 0.25) is 0 Å². The first-order valence-electron chi connectivity index (χ1n) is 16.8. The van der Waals surface area contributed by atoms with E-state index in [0.29, 0.717) is 50.1 Å². The van der Waals surface area contributed by atoms with Crippen LogP contribution in [-0.2, 0) is 27.2 Å². The second-order valence-electron chi connectivity index (χ2n) is 12.8. The molecule has 252 valence electrons. The second-order valence-corrected chi connectivity index (χ2v) is 12.8. The SMILES string of the molecule is CC1=CC(=O)C=C(C)C1=O.CCCCc1ccc2c(c1)C(=O)C(=C1C=C(C)C(=O)C(C)=C1)C2=O.CCCCc1ccc2c(c1)C(=O)CC2=O. The molecular weight excluding hydrogens is 616 g/mol. The topological polar surface area (TPSA) is 119 Å². The lowest BCUT2D eigenvalue weighted by Crippen LogP contribution is -2.11. The van der Waals surface area contributed by atoms with Crippen molar-refractivity contribution in [3.63, 3.8) is 0 Å². The van der Waals surface area contributed by atoms with Crippen LogP contribution in [0.3, 0.4) is 0 Å². The van der Waals surface area contributed by atoms with E-state index >= 15 is 0 Å². The number of hydrogen-bond donors (Lipinski definition) is 0. The Morgan fingerprint density at radius 3 is 1.43 bits per heavy atom. The number of aryl methyl sites for hydroxylation is 2. The van der Waals surface area contributed by atoms with E-state index in [9.17, 15) is 33.6 Å². The molecule has 7 heteroatoms. The number of Topliss-reactive ketones (excluding diaryl/α,β-unsaturated/α-hetero) is 6. The summed E-state index contributed by atoms with van der Waals surface area (Å²) in [5, 5.41) is 0. The van der Waals surface area contributed by atoms with Gasteiger partial charge in [-0.3, -0.25) is 33.6 Å². The highest BCUT2D eigenvalue weighted by atomic mass is 16.2. The number of unbranched alkanes of at least 4 members (excludes halogenated alkanes) is 2. The first kappa shape index (κ1) is 36.7. The van der Waals surface area contributed by atoms with Gasteiger partial charge in [-0.15, -0.1) is 0 Å². The average Bonchev–Trinajstić information content (AvgIpc) is 3.50. The molecule has 6 rings (SSSR count). The summed E-state index contributed by atoms with van der Waals surface area (Å²) in [5.74, 6) is -0.684. The molecule has 0 saturated heterocycles. The number of fused-ring (bicyclic) bond motifs is 2. The minimum absolute atomic E-state index is 0.0200. The minimum Gasteiger partial charge on any atom is -0.294 e. The molecule has 49 heavy (non-hydrogen) atoms. The van der Waals surface area contributed by atoms with Gasteiger partial charge in [0.2, 0.25) is 0 Å². The molecule has 0 aliphatic heterocycles. The minimum atomic E-state index is -0.241. The van der Waals surface area contributed by atoms with Crippen LogP contribution in [-0.4, -0.2) is 40.5 Å². The number of hydrogen-bond acceptors (Lipinski definition) is 7. The van der Waals surface area contributed by atoms with Crippen LogP contribution in [0, 0.1) is 0 Å². The van der Waals surface area contributed by atoms with Gasteiger partial charge in [-0.05, 0) is 118 Å². The van der Waals surface area contributed by atoms with Gasteiger partial charge in [-0.2, -0.15) is 0 Å². The summed E-state index contributed by atoms with van der Waals surface area (Å²) in [6.07, 6.45) is 12.4. The molecule has 0 heterocycles. The normalized spacial score (nSPS) is 16.7. The van der Waals surface area contributed by atoms with E-state index in [-0.39, 0.29) is 52.5 Å². The number of ketones is 7. The van der Waals surface area contributed by atoms with Crippen LogP contribution in [0.15, 0.2) is 94.1 Å². The third-order valence-corrected chi connectivity index (χ3v) is 8.85. The van der Waals surface area contributed by atoms with E-state index in [1.54, 1.807) is 52.0 Å². The molecular formula is C42H42O7. The number of carbonyl (C=O) groups excluding carboxylic acids is 7. The standard InChI is InChI=1S/C21H20O3.C13H14O2.C8H8O2/c1-4-5-6-14-7-8-16-17(11-14)21(24)18(20(16)23)15-9-12(2)19(22)13(3)10-15;1-2-3-4-9-5-6-10-11(7-9)13(15)8-12(10)14;1-5-3-7(9)4-6(2)8(5)10/h7-11H,4-6H2,1-3H3;5-7H,2-4,8H2,1H3;3-4H,1-2H3. The molecule has 0 saturated carbocycles. The zero-order chi connectivity index (χ0) is 36.0. The van der Waals surface area contributed by atoms with Gasteiger partial charge in [0.25, 0.3) is 0 Å². The summed E-state index contributed by atoms with van der Waals surface area (Å²) >= 11 is 0. The van der Waals surface area contributed by atoms with Crippen molar-refractivity contribution in [2.24, 2.45) is 0 Å². The Morgan fingerprint density at radius 1 is 0.490 bits per heavy atom. The summed E-state index contributed by atoms with van der Waals surface area (Å²) in [7, 11) is 0. The Labute approximate surface area is 287 Å². The van der Waals surface area contributed by atoms with Gasteiger partial charge in [-0.25, -0.2) is 0 Å². The van der Waals surface area contributed by atoms with Crippen molar-refractivity contribution in [2.75, 3.05) is 0 Å². The van der Waals surface area contributed by atoms with E-state index in [2.05, 4.69) is 13.8 Å². The van der Waals surface area contributed by atoms with Crippen molar-refractivity contribution in [3.8, 4) is 0 Å². The van der Waals surface area contributed by atoms with Crippen LogP contribution < -0.4 is 0 Å². The predicted octanol–water partition coefficient (Wildman–Crippen LogP) is 8.01. The van der Waals surface area contributed by atoms with Crippen LogP contribution >= 0.6 is 0 Å². The summed E-state index contributed by atoms with van der Waals surface area (Å²) in [6, 6.07) is 11.2. The van der Waals surface area contributed by atoms with E-state index in [4.69, 9.17) is 0 Å². The van der Waals surface area contributed by atoms with Gasteiger partial charge in [-0.1, -0.05) is 51.0 Å². The largest absolute Gasteiger partial charge is 0.294 e. The Hall–Kier alpha value is -5.17. The third-order valence-electron chi connectivity index (χ3n) is 8.85. The number of benzene rings is 2. The van der Waals surface area contributed by atoms with Gasteiger partial charge in [0.1, 0.15) is 0 Å². The van der Waals surface area contributed by atoms with Crippen LogP contribution in [0.1, 0.15) is 126 Å². The summed E-state index contributed by atoms with van der Waals surface area (Å²) in [6.45, 7) is 11.0. The zero-order valence-corrected chi connectivity index (χ0v) is 29.1. The highest BCUT2D eigenvalue weighted by molar-refractivity contribution is 6.40. The first-order valence-corrected chi connectivity index (χ1v) is 16.8. The highest BCUT2D eigenvalue weighted by Crippen LogP contribution is 2.33. The van der Waals surface area contributed by atoms with Gasteiger partial charge >= 0.3 is 0 Å². The number of rotatable bonds is 6. The summed E-state index contributed by atoms with van der Waals surface area (Å²) in [5.41, 5.74) is 7.36. The van der Waals surface area contributed by atoms with Crippen molar-refractivity contribution >= 4 is 40.5 Å². The second kappa shape index (κ2) is 15.8. The lowest BCUT2D eigenvalue weighted by Gasteiger charge is -2.11. The van der Waals surface area contributed by atoms with Crippen molar-refractivity contribution in [3.05, 3.63) is 128 Å². The maximum atomic E-state index is 12.8. The number of allylic oxidation sites excluding steroid dienone is 10. The molecule has 0 radical (unpaired) electrons. The predicted molar refractivity (Wildman–Crippen MR) is 189 cm³/mol. The van der Waals surface area contributed by atoms with Crippen molar-refractivity contribution in [1.82, 2.24) is 0 Å². The van der Waals surface area contributed by atoms with E-state index in [0.717, 1.165) is 44.1 Å². The Morgan fingerprint density at radius 2 is 0.918 bits per heavy atom. The molecule has 0 spiro atoms. The molecule has 4 aliphatic rings. The molecule has 0 unspecified atom stereocenters. The Bertz CT molecular complexity index is 1910. The third kappa shape index (κ3) is 8.29. The van der Waals surface area contributed by atoms with Gasteiger partial charge in [0.05, 0.1) is 12.0 Å². The highest BCUT2D eigenvalue weighted by Gasteiger charge is 2.35. The average molecular weight is 659 g/mol. The fraction of sp³-hybridized carbons (Fsp3) is 0.310. The molecule has 0 bridgehead atoms. The van der Waals surface area contributed by atoms with E-state index < -0.39 is 0 Å². The lowest BCUT2D eigenvalue weighted by molar-refractivity contribution is -0.115. The summed E-state index contributed by atoms with van der Waals surface area (Å²) in [4.78, 5) is 82.0. The van der Waals surface area contributed by atoms with Crippen LogP contribution in [0.5, 0.6) is 0 Å². The Balaban J connectivity index is 0.000000184. The first-order chi connectivity index (χ1) is 23.3. The monoisotopic (exact) mass is 658 g/mol. The van der Waals surface area contributed by atoms with Gasteiger partial charge < -0.3 is 0 Å². The van der Waals surface area contributed by atoms with Crippen molar-refractivity contribution in [2.45, 2.75) is 86.5 Å². The van der Waals surface area contributed by atoms with Crippen LogP contribution in [0.4, 0.5) is 0 Å². The molecule has 2 aromatic rings. The molecule has 0 atom stereocenters. The quantitative estimate of drug-likeness (QED) is 0.133. The fourth-order valence-corrected chi connectivity index (χ4v) is 6.09. The molecule has 7 nitrogen and oxygen atoms in total. The molecule has 4 aliphatic carbocycles. The smallest absolute Gasteiger partial charge is 0.198 e. The molecule has 0 aromatic heterocycles. The summed E-state index contributed by atoms with van der Waals surface area (Å²) < 4.78 is 0. The maximum absolute atomic E-state index is 12.8. The van der Waals surface area contributed by atoms with E-state index in [1.807, 2.05) is 24.3 Å². The van der Waals surface area contributed by atoms with Gasteiger partial charge in [0.15, 0.2) is 40.5 Å². The van der Waals surface area contributed by atoms with Crippen molar-refractivity contribution in [1.29, 1.82) is 0 Å². The van der Waals surface area contributed by atoms with E-state index in [1.165, 1.54) is 17.7 Å². The lowest BCUT2D eigenvalue weighted by atomic mass is 9.91. The van der Waals surface area contributed by atoms with Gasteiger partial charge in [0, 0.05) is 33.4 Å². The molecule has 0 amide bonds.